The highest BCUT2D eigenvalue weighted by Crippen LogP contribution is 2.42. The minimum absolute atomic E-state index is 0.169. The molecule has 0 radical (unpaired) electrons. The maximum Gasteiger partial charge on any atom is 0.471 e. The molecule has 0 unspecified atom stereocenters. The molecule has 1 aliphatic heterocycles. The van der Waals surface area contributed by atoms with Crippen LogP contribution < -0.4 is 34.5 Å². The van der Waals surface area contributed by atoms with E-state index in [2.05, 4.69) is 30.1 Å². The molecule has 1 aliphatic rings. The Kier molecular flexibility index (Phi) is 4.47. The van der Waals surface area contributed by atoms with E-state index < -0.39 is 111 Å². The van der Waals surface area contributed by atoms with Gasteiger partial charge in [-0.25, -0.2) is 18.9 Å². The lowest BCUT2D eigenvalue weighted by Crippen LogP contribution is -2.53. The highest BCUT2D eigenvalue weighted by Gasteiger charge is 2.42. The van der Waals surface area contributed by atoms with E-state index in [1.54, 1.807) is 0 Å². The molecule has 1 amide bonds. The summed E-state index contributed by atoms with van der Waals surface area (Å²) in [5.74, 6) is -8.79. The first-order chi connectivity index (χ1) is 23.9. The Hall–Kier alpha value is -4.24. The third kappa shape index (κ3) is 6.15. The van der Waals surface area contributed by atoms with Gasteiger partial charge in [-0.3, -0.25) is 14.2 Å². The summed E-state index contributed by atoms with van der Waals surface area (Å²) in [7, 11) is -15.7. The van der Waals surface area contributed by atoms with Crippen LogP contribution in [0.15, 0.2) is 30.4 Å². The molecule has 2 aromatic heterocycles. The number of halogens is 1. The van der Waals surface area contributed by atoms with Crippen molar-refractivity contribution in [3.63, 3.8) is 0 Å². The molecule has 0 bridgehead atoms. The van der Waals surface area contributed by atoms with E-state index in [1.807, 2.05) is 0 Å². The number of phosphoric acid groups is 1. The lowest BCUT2D eigenvalue weighted by molar-refractivity contribution is -0.133. The van der Waals surface area contributed by atoms with Crippen LogP contribution in [0.3, 0.4) is 0 Å². The zero-order valence-electron chi connectivity index (χ0n) is 33.1. The zero-order valence-corrected chi connectivity index (χ0v) is 21.0. The number of pyridine rings is 1. The topological polar surface area (TPSA) is 187 Å². The number of methoxy groups -OCH3 is 3. The number of fused-ring (bicyclic) bond motifs is 1. The Balaban J connectivity index is 1.80. The number of hydrogen-bond donors (Lipinski definition) is 4. The summed E-state index contributed by atoms with van der Waals surface area (Å²) in [5, 5.41) is 4.68. The summed E-state index contributed by atoms with van der Waals surface area (Å²) >= 11 is 0. The van der Waals surface area contributed by atoms with Gasteiger partial charge < -0.3 is 39.4 Å². The van der Waals surface area contributed by atoms with Gasteiger partial charge in [0.2, 0.25) is 11.7 Å². The van der Waals surface area contributed by atoms with Crippen LogP contribution in [-0.2, 0) is 13.9 Å². The quantitative estimate of drug-likeness (QED) is 0.251. The van der Waals surface area contributed by atoms with Gasteiger partial charge in [-0.2, -0.15) is 4.98 Å². The van der Waals surface area contributed by atoms with Gasteiger partial charge in [-0.1, -0.05) is 0 Å². The van der Waals surface area contributed by atoms with E-state index in [0.29, 0.717) is 6.20 Å². The Morgan fingerprint density at radius 1 is 1.18 bits per heavy atom. The number of nitrogens with one attached hydrogen (secondary N) is 2. The van der Waals surface area contributed by atoms with Crippen molar-refractivity contribution in [3.8, 4) is 23.0 Å². The zero-order chi connectivity index (χ0) is 40.3. The first-order valence-electron chi connectivity index (χ1n) is 17.0. The molecule has 0 fully saturated rings. The number of phosphoric ester groups is 1. The maximum absolute atomic E-state index is 15.0. The molecule has 0 atom stereocenters. The molecule has 1 aromatic carbocycles. The van der Waals surface area contributed by atoms with Gasteiger partial charge in [-0.15, -0.1) is 0 Å². The highest BCUT2D eigenvalue weighted by atomic mass is 31.2. The van der Waals surface area contributed by atoms with Gasteiger partial charge in [0.05, 0.1) is 45.1 Å². The second kappa shape index (κ2) is 11.1. The van der Waals surface area contributed by atoms with Crippen molar-refractivity contribution in [3.05, 3.63) is 36.2 Å². The van der Waals surface area contributed by atoms with Crippen LogP contribution in [0.25, 0.3) is 0 Å². The molecule has 0 saturated carbocycles. The van der Waals surface area contributed by atoms with Gasteiger partial charge in [-0.05, 0) is 26.0 Å². The smallest absolute Gasteiger partial charge is 0.471 e. The molecular weight excluding hydrogens is 554 g/mol. The number of nitrogens with zero attached hydrogens (tertiary/aromatic N) is 4. The lowest BCUT2D eigenvalue weighted by Gasteiger charge is -2.37. The number of rotatable bonds is 10. The molecule has 0 aliphatic carbocycles. The molecule has 3 aromatic rings. The van der Waals surface area contributed by atoms with Crippen LogP contribution in [-0.4, -0.2) is 64.0 Å². The standard InChI is InChI=1S/C23H26FN6O9P/c1-23(2)21(31)30(11-38-40(32,33)34)20-14(39-23)6-7-17(28-20)27-19-13(24)10-25-22(29-19)26-12-8-15(35-3)18(37-5)16(9-12)36-4/h6-10H,11H2,1-5H3,(H2,32,33,34)(H2,25,26,27,28,29)/i3D3,4D3,5D3,8D,9D,11D2. The third-order valence-electron chi connectivity index (χ3n) is 4.81. The summed E-state index contributed by atoms with van der Waals surface area (Å²) in [5.41, 5.74) is -2.63. The van der Waals surface area contributed by atoms with Crippen molar-refractivity contribution in [2.45, 2.75) is 19.4 Å². The highest BCUT2D eigenvalue weighted by molar-refractivity contribution is 7.46. The fourth-order valence-electron chi connectivity index (χ4n) is 3.13. The Labute approximate surface area is 245 Å². The van der Waals surface area contributed by atoms with E-state index in [9.17, 15) is 19.1 Å². The van der Waals surface area contributed by atoms with E-state index in [0.717, 1.165) is 12.1 Å². The Bertz CT molecular complexity index is 1940. The summed E-state index contributed by atoms with van der Waals surface area (Å²) in [4.78, 5) is 43.3. The Morgan fingerprint density at radius 2 is 1.88 bits per heavy atom. The van der Waals surface area contributed by atoms with Crippen molar-refractivity contribution >= 4 is 42.8 Å². The molecule has 40 heavy (non-hydrogen) atoms. The average molecular weight is 594 g/mol. The first-order valence-corrected chi connectivity index (χ1v) is 12.0. The average Bonchev–Trinajstić information content (AvgIpc) is 2.94. The number of carbonyl (C=O) groups excluding carboxylic acids is 1. The molecule has 4 N–H and O–H groups in total. The second-order valence-corrected chi connectivity index (χ2v) is 9.17. The molecule has 0 saturated heterocycles. The predicted molar refractivity (Wildman–Crippen MR) is 139 cm³/mol. The number of benzene rings is 1. The number of anilines is 5. The molecule has 3 heterocycles. The first kappa shape index (κ1) is 16.1. The van der Waals surface area contributed by atoms with Crippen LogP contribution in [0.2, 0.25) is 0 Å². The summed E-state index contributed by atoms with van der Waals surface area (Å²) < 4.78 is 151. The monoisotopic (exact) mass is 593 g/mol. The van der Waals surface area contributed by atoms with Crippen molar-refractivity contribution in [1.82, 2.24) is 15.0 Å². The van der Waals surface area contributed by atoms with Crippen LogP contribution in [0.5, 0.6) is 23.0 Å². The number of amides is 1. The fraction of sp³-hybridized carbons (Fsp3) is 0.304. The second-order valence-electron chi connectivity index (χ2n) is 8.00. The molecule has 4 rings (SSSR count). The summed E-state index contributed by atoms with van der Waals surface area (Å²) in [6.07, 6.45) is 0.545. The van der Waals surface area contributed by atoms with Crippen LogP contribution in [0.1, 0.15) is 31.7 Å². The van der Waals surface area contributed by atoms with Crippen molar-refractivity contribution < 1.29 is 64.8 Å². The number of carbonyl (C=O) groups is 1. The molecule has 0 spiro atoms. The van der Waals surface area contributed by atoms with Gasteiger partial charge in [0, 0.05) is 17.8 Å². The minimum Gasteiger partial charge on any atom is -0.493 e. The Morgan fingerprint density at radius 3 is 2.52 bits per heavy atom. The number of aromatic nitrogens is 3. The van der Waals surface area contributed by atoms with Crippen LogP contribution in [0, 0.1) is 5.82 Å². The van der Waals surface area contributed by atoms with Crippen molar-refractivity contribution in [2.75, 3.05) is 43.3 Å². The van der Waals surface area contributed by atoms with Gasteiger partial charge in [0.1, 0.15) is 12.5 Å². The van der Waals surface area contributed by atoms with Gasteiger partial charge in [0.25, 0.3) is 5.91 Å². The molecule has 214 valence electrons. The lowest BCUT2D eigenvalue weighted by atomic mass is 10.1. The van der Waals surface area contributed by atoms with Gasteiger partial charge in [0.15, 0.2) is 40.3 Å². The summed E-state index contributed by atoms with van der Waals surface area (Å²) in [6.45, 7) is -1.05. The fourth-order valence-corrected chi connectivity index (χ4v) is 3.32. The maximum atomic E-state index is 15.0. The molecule has 17 heteroatoms. The number of ether oxygens (including phenoxy) is 4. The van der Waals surface area contributed by atoms with E-state index in [4.69, 9.17) is 36.8 Å². The van der Waals surface area contributed by atoms with Crippen LogP contribution in [0.4, 0.5) is 33.5 Å². The predicted octanol–water partition coefficient (Wildman–Crippen LogP) is 3.09. The molecular formula is C23H26FN6O9P. The van der Waals surface area contributed by atoms with E-state index in [1.165, 1.54) is 13.8 Å². The third-order valence-corrected chi connectivity index (χ3v) is 5.13. The van der Waals surface area contributed by atoms with Crippen LogP contribution >= 0.6 is 7.82 Å². The van der Waals surface area contributed by atoms with Crippen molar-refractivity contribution in [1.29, 1.82) is 0 Å². The SMILES string of the molecule is [2H]c1c(Nc2ncc(F)c(Nc3ccc4c(n3)N(C([2H])([2H])OP(=O)(O)O)C(=O)C(C)(C)O4)n2)c([2H])c(OC([2H])([2H])[2H])c(OC([2H])([2H])[2H])c1OC([2H])([2H])[2H]. The largest absolute Gasteiger partial charge is 0.493 e. The molecule has 15 nitrogen and oxygen atoms in total. The van der Waals surface area contributed by atoms with E-state index >= 15 is 4.39 Å². The van der Waals surface area contributed by atoms with Gasteiger partial charge >= 0.3 is 7.82 Å². The normalized spacial score (nSPS) is 20.3. The summed E-state index contributed by atoms with van der Waals surface area (Å²) in [6, 6.07) is 0.0857. The van der Waals surface area contributed by atoms with Crippen molar-refractivity contribution in [2.24, 2.45) is 0 Å². The minimum atomic E-state index is -5.55. The number of hydrogen-bond acceptors (Lipinski definition) is 12. The van der Waals surface area contributed by atoms with E-state index in [-0.39, 0.29) is 10.6 Å².